The third kappa shape index (κ3) is 5.61. The summed E-state index contributed by atoms with van der Waals surface area (Å²) in [7, 11) is 0. The monoisotopic (exact) mass is 637 g/mol. The first-order chi connectivity index (χ1) is 24.8. The lowest BCUT2D eigenvalue weighted by Gasteiger charge is -2.12. The van der Waals surface area contributed by atoms with E-state index in [0.717, 1.165) is 39.3 Å². The highest BCUT2D eigenvalue weighted by atomic mass is 14.9. The first-order valence-electron chi connectivity index (χ1n) is 16.8. The highest BCUT2D eigenvalue weighted by molar-refractivity contribution is 5.98. The lowest BCUT2D eigenvalue weighted by Crippen LogP contribution is -1.96. The summed E-state index contributed by atoms with van der Waals surface area (Å²) >= 11 is 0. The summed E-state index contributed by atoms with van der Waals surface area (Å²) in [6, 6.07) is 63.9. The van der Waals surface area contributed by atoms with Gasteiger partial charge in [-0.3, -0.25) is 4.98 Å². The molecule has 0 aliphatic rings. The zero-order chi connectivity index (χ0) is 33.3. The van der Waals surface area contributed by atoms with Crippen LogP contribution in [-0.2, 0) is 0 Å². The van der Waals surface area contributed by atoms with Gasteiger partial charge in [-0.25, -0.2) is 9.97 Å². The number of nitrogens with zero attached hydrogens (tertiary/aromatic N) is 3. The molecule has 2 heterocycles. The van der Waals surface area contributed by atoms with Gasteiger partial charge in [0.25, 0.3) is 0 Å². The number of hydrogen-bond acceptors (Lipinski definition) is 3. The Morgan fingerprint density at radius 1 is 0.300 bits per heavy atom. The summed E-state index contributed by atoms with van der Waals surface area (Å²) in [5.41, 5.74) is 11.6. The fraction of sp³-hybridized carbons (Fsp3) is 0. The summed E-state index contributed by atoms with van der Waals surface area (Å²) in [4.78, 5) is 14.8. The van der Waals surface area contributed by atoms with Crippen LogP contribution in [0.1, 0.15) is 0 Å². The van der Waals surface area contributed by atoms with Gasteiger partial charge in [-0.1, -0.05) is 164 Å². The molecule has 2 aromatic heterocycles. The number of fused-ring (bicyclic) bond motifs is 2. The average Bonchev–Trinajstić information content (AvgIpc) is 3.21. The molecule has 3 heteroatoms. The summed E-state index contributed by atoms with van der Waals surface area (Å²) in [5, 5.41) is 4.96. The molecular formula is C47H31N3. The topological polar surface area (TPSA) is 38.7 Å². The van der Waals surface area contributed by atoms with Gasteiger partial charge in [0.1, 0.15) is 0 Å². The SMILES string of the molecule is c1ccc(-c2ccc(-c3nc(-c4ccc(-c5cccc6ccccc56)cc4)cc(-c4ccc(-c5cccc6ccccc56)cc4)n3)cc2)nc1. The van der Waals surface area contributed by atoms with Crippen molar-refractivity contribution < 1.29 is 0 Å². The fourth-order valence-electron chi connectivity index (χ4n) is 6.79. The van der Waals surface area contributed by atoms with Gasteiger partial charge < -0.3 is 0 Å². The van der Waals surface area contributed by atoms with Crippen LogP contribution in [0.3, 0.4) is 0 Å². The summed E-state index contributed by atoms with van der Waals surface area (Å²) in [5.74, 6) is 0.682. The van der Waals surface area contributed by atoms with E-state index in [9.17, 15) is 0 Å². The molecule has 0 bridgehead atoms. The standard InChI is InChI=1S/C47H31N3/c1-3-13-40-32(9-1)11-7-15-42(40)34-18-22-37(23-19-34)45-31-46(50-47(49-45)39-28-26-36(27-29-39)44-17-5-6-30-48-44)38-24-20-35(21-25-38)43-16-8-12-33-10-2-4-14-41(33)43/h1-31H. The molecule has 0 aliphatic carbocycles. The van der Waals surface area contributed by atoms with Gasteiger partial charge in [-0.15, -0.1) is 0 Å². The minimum atomic E-state index is 0.682. The van der Waals surface area contributed by atoms with E-state index >= 15 is 0 Å². The Bertz CT molecular complexity index is 2460. The smallest absolute Gasteiger partial charge is 0.160 e. The second-order valence-corrected chi connectivity index (χ2v) is 12.5. The summed E-state index contributed by atoms with van der Waals surface area (Å²) in [6.07, 6.45) is 1.82. The normalized spacial score (nSPS) is 11.2. The van der Waals surface area contributed by atoms with E-state index < -0.39 is 0 Å². The van der Waals surface area contributed by atoms with Crippen molar-refractivity contribution in [2.24, 2.45) is 0 Å². The molecule has 0 atom stereocenters. The van der Waals surface area contributed by atoms with Crippen LogP contribution in [0.25, 0.3) is 89.0 Å². The molecule has 0 N–H and O–H groups in total. The maximum Gasteiger partial charge on any atom is 0.160 e. The van der Waals surface area contributed by atoms with Crippen LogP contribution in [0.15, 0.2) is 188 Å². The zero-order valence-electron chi connectivity index (χ0n) is 27.2. The van der Waals surface area contributed by atoms with E-state index in [0.29, 0.717) is 5.82 Å². The number of rotatable bonds is 6. The van der Waals surface area contributed by atoms with Crippen LogP contribution >= 0.6 is 0 Å². The van der Waals surface area contributed by atoms with Crippen LogP contribution in [0.5, 0.6) is 0 Å². The average molecular weight is 638 g/mol. The first kappa shape index (κ1) is 29.4. The van der Waals surface area contributed by atoms with Crippen LogP contribution in [-0.4, -0.2) is 15.0 Å². The molecule has 0 radical (unpaired) electrons. The molecule has 0 spiro atoms. The molecule has 3 nitrogen and oxygen atoms in total. The van der Waals surface area contributed by atoms with E-state index in [4.69, 9.17) is 9.97 Å². The zero-order valence-corrected chi connectivity index (χ0v) is 27.2. The van der Waals surface area contributed by atoms with Crippen molar-refractivity contribution >= 4 is 21.5 Å². The van der Waals surface area contributed by atoms with Crippen molar-refractivity contribution in [3.63, 3.8) is 0 Å². The van der Waals surface area contributed by atoms with E-state index in [-0.39, 0.29) is 0 Å². The molecule has 50 heavy (non-hydrogen) atoms. The van der Waals surface area contributed by atoms with Gasteiger partial charge in [0.2, 0.25) is 0 Å². The number of benzene rings is 7. The third-order valence-electron chi connectivity index (χ3n) is 9.39. The Labute approximate surface area is 291 Å². The van der Waals surface area contributed by atoms with Crippen molar-refractivity contribution in [2.45, 2.75) is 0 Å². The Hall–Kier alpha value is -6.71. The van der Waals surface area contributed by atoms with Gasteiger partial charge in [-0.05, 0) is 62.0 Å². The van der Waals surface area contributed by atoms with Gasteiger partial charge >= 0.3 is 0 Å². The fourth-order valence-corrected chi connectivity index (χ4v) is 6.79. The van der Waals surface area contributed by atoms with Crippen LogP contribution in [0, 0.1) is 0 Å². The Morgan fingerprint density at radius 2 is 0.720 bits per heavy atom. The largest absolute Gasteiger partial charge is 0.256 e. The highest BCUT2D eigenvalue weighted by Crippen LogP contribution is 2.34. The van der Waals surface area contributed by atoms with Crippen molar-refractivity contribution in [1.82, 2.24) is 15.0 Å². The van der Waals surface area contributed by atoms with Crippen molar-refractivity contribution in [3.05, 3.63) is 188 Å². The minimum absolute atomic E-state index is 0.682. The molecule has 0 fully saturated rings. The lowest BCUT2D eigenvalue weighted by atomic mass is 9.96. The molecule has 7 aromatic carbocycles. The Kier molecular flexibility index (Phi) is 7.49. The Morgan fingerprint density at radius 3 is 1.22 bits per heavy atom. The molecule has 0 unspecified atom stereocenters. The first-order valence-corrected chi connectivity index (χ1v) is 16.8. The molecule has 0 saturated heterocycles. The molecule has 0 amide bonds. The summed E-state index contributed by atoms with van der Waals surface area (Å²) in [6.45, 7) is 0. The predicted molar refractivity (Wildman–Crippen MR) is 207 cm³/mol. The van der Waals surface area contributed by atoms with Gasteiger partial charge in [0.05, 0.1) is 17.1 Å². The van der Waals surface area contributed by atoms with E-state index in [1.165, 1.54) is 43.8 Å². The molecule has 0 aliphatic heterocycles. The Balaban J connectivity index is 1.12. The molecule has 9 rings (SSSR count). The molecule has 9 aromatic rings. The van der Waals surface area contributed by atoms with Crippen molar-refractivity contribution in [2.75, 3.05) is 0 Å². The van der Waals surface area contributed by atoms with Gasteiger partial charge in [-0.2, -0.15) is 0 Å². The van der Waals surface area contributed by atoms with Gasteiger partial charge in [0.15, 0.2) is 5.82 Å². The maximum atomic E-state index is 5.13. The van der Waals surface area contributed by atoms with Crippen LogP contribution in [0.4, 0.5) is 0 Å². The van der Waals surface area contributed by atoms with Gasteiger partial charge in [0, 0.05) is 28.5 Å². The lowest BCUT2D eigenvalue weighted by molar-refractivity contribution is 1.18. The van der Waals surface area contributed by atoms with E-state index in [1.54, 1.807) is 0 Å². The molecular weight excluding hydrogens is 607 g/mol. The third-order valence-corrected chi connectivity index (χ3v) is 9.39. The number of hydrogen-bond donors (Lipinski definition) is 0. The molecule has 0 saturated carbocycles. The highest BCUT2D eigenvalue weighted by Gasteiger charge is 2.13. The van der Waals surface area contributed by atoms with Crippen LogP contribution < -0.4 is 0 Å². The van der Waals surface area contributed by atoms with E-state index in [1.807, 2.05) is 24.4 Å². The van der Waals surface area contributed by atoms with E-state index in [2.05, 4.69) is 169 Å². The minimum Gasteiger partial charge on any atom is -0.256 e. The second kappa shape index (κ2) is 12.7. The maximum absolute atomic E-state index is 5.13. The number of aromatic nitrogens is 3. The van der Waals surface area contributed by atoms with Crippen molar-refractivity contribution in [1.29, 1.82) is 0 Å². The quantitative estimate of drug-likeness (QED) is 0.182. The predicted octanol–water partition coefficient (Wildman–Crippen LogP) is 12.2. The molecule has 234 valence electrons. The number of pyridine rings is 1. The second-order valence-electron chi connectivity index (χ2n) is 12.5. The van der Waals surface area contributed by atoms with Crippen molar-refractivity contribution in [3.8, 4) is 67.4 Å². The van der Waals surface area contributed by atoms with Crippen LogP contribution in [0.2, 0.25) is 0 Å². The summed E-state index contributed by atoms with van der Waals surface area (Å²) < 4.78 is 0.